The molecule has 0 heterocycles. The summed E-state index contributed by atoms with van der Waals surface area (Å²) in [5.41, 5.74) is 0. The van der Waals surface area contributed by atoms with Crippen LogP contribution in [0.1, 0.15) is 0 Å². The molecule has 0 aliphatic rings. The van der Waals surface area contributed by atoms with Gasteiger partial charge < -0.3 is 49.4 Å². The van der Waals surface area contributed by atoms with Crippen molar-refractivity contribution in [1.82, 2.24) is 0 Å². The molecule has 0 spiro atoms. The first kappa shape index (κ1) is 32.4. The van der Waals surface area contributed by atoms with Gasteiger partial charge in [0.05, 0.1) is 6.61 Å². The molecule has 0 aromatic rings. The average molecular weight is 402 g/mol. The van der Waals surface area contributed by atoms with E-state index in [1.807, 2.05) is 0 Å². The van der Waals surface area contributed by atoms with Crippen molar-refractivity contribution in [1.29, 1.82) is 0 Å². The second-order valence-electron chi connectivity index (χ2n) is 3.48. The Balaban J connectivity index is -0.000000602. The quantitative estimate of drug-likeness (QED) is 0.178. The monoisotopic (exact) mass is 402 g/mol. The minimum Gasteiger partial charge on any atom is -0.756 e. The van der Waals surface area contributed by atoms with Gasteiger partial charge in [0.1, 0.15) is 24.9 Å². The Hall–Kier alpha value is 1.73. The number of carbonyl (C=O) groups excluding carboxylic acids is 1. The van der Waals surface area contributed by atoms with Crippen LogP contribution in [-0.4, -0.2) is 67.9 Å². The molecule has 2 unspecified atom stereocenters. The Labute approximate surface area is 174 Å². The molecule has 0 rings (SSSR count). The van der Waals surface area contributed by atoms with Crippen molar-refractivity contribution in [3.05, 3.63) is 0 Å². The van der Waals surface area contributed by atoms with Gasteiger partial charge in [-0.2, -0.15) is 0 Å². The fourth-order valence-corrected chi connectivity index (χ4v) is 1.53. The zero-order valence-corrected chi connectivity index (χ0v) is 17.9. The molecule has 0 bridgehead atoms. The Morgan fingerprint density at radius 3 is 1.74 bits per heavy atom. The van der Waals surface area contributed by atoms with Crippen LogP contribution in [0.2, 0.25) is 0 Å². The number of Topliss-reactive ketones (excluding diaryl/α,β-unsaturated/α-hetero) is 1. The van der Waals surface area contributed by atoms with E-state index < -0.39 is 53.0 Å². The largest absolute Gasteiger partial charge is 1.00 e. The topological polar surface area (TPSA) is 248 Å². The van der Waals surface area contributed by atoms with Crippen molar-refractivity contribution in [2.45, 2.75) is 18.3 Å². The van der Waals surface area contributed by atoms with Crippen molar-refractivity contribution in [3.63, 3.8) is 0 Å². The van der Waals surface area contributed by atoms with Gasteiger partial charge in [-0.25, -0.2) is 0 Å². The number of hydrogen-bond donors (Lipinski definition) is 5. The van der Waals surface area contributed by atoms with Crippen LogP contribution in [0.25, 0.3) is 0 Å². The summed E-state index contributed by atoms with van der Waals surface area (Å²) in [6.45, 7) is -2.48. The summed E-state index contributed by atoms with van der Waals surface area (Å²) >= 11 is 0. The number of phosphoric acid groups is 2. The van der Waals surface area contributed by atoms with Gasteiger partial charge in [0.2, 0.25) is 0 Å². The van der Waals surface area contributed by atoms with Crippen molar-refractivity contribution < 1.29 is 122 Å². The minimum absolute atomic E-state index is 0. The van der Waals surface area contributed by atoms with E-state index in [9.17, 15) is 33.9 Å². The van der Waals surface area contributed by atoms with E-state index in [2.05, 4.69) is 9.05 Å². The zero-order chi connectivity index (χ0) is 16.1. The minimum atomic E-state index is -5.21. The number of phosphoric ester groups is 2. The summed E-state index contributed by atoms with van der Waals surface area (Å²) in [4.78, 5) is 47.9. The summed E-state index contributed by atoms with van der Waals surface area (Å²) < 4.78 is 27.7. The van der Waals surface area contributed by atoms with E-state index in [1.165, 1.54) is 0 Å². The van der Waals surface area contributed by atoms with Crippen LogP contribution >= 0.6 is 15.6 Å². The molecular weight excluding hydrogens is 388 g/mol. The van der Waals surface area contributed by atoms with E-state index in [0.29, 0.717) is 0 Å². The number of ketones is 1. The molecule has 23 heavy (non-hydrogen) atoms. The van der Waals surface area contributed by atoms with Crippen LogP contribution in [0.4, 0.5) is 0 Å². The molecule has 0 aromatic carbocycles. The fourth-order valence-electron chi connectivity index (χ4n) is 0.901. The molecule has 0 amide bonds. The number of carbonyl (C=O) groups is 1. The molecule has 0 saturated carbocycles. The summed E-state index contributed by atoms with van der Waals surface area (Å²) in [7, 11) is -10.4. The maximum absolute atomic E-state index is 11.1. The van der Waals surface area contributed by atoms with Crippen molar-refractivity contribution in [3.8, 4) is 0 Å². The molecule has 7 N–H and O–H groups in total. The van der Waals surface area contributed by atoms with E-state index in [0.717, 1.165) is 0 Å². The zero-order valence-electron chi connectivity index (χ0n) is 12.1. The summed E-state index contributed by atoms with van der Waals surface area (Å²) in [6.07, 6.45) is -6.68. The molecule has 5 atom stereocenters. The van der Waals surface area contributed by atoms with Crippen molar-refractivity contribution in [2.75, 3.05) is 13.2 Å². The number of rotatable bonds is 9. The first-order valence-corrected chi connectivity index (χ1v) is 7.76. The predicted molar refractivity (Wildman–Crippen MR) is 58.2 cm³/mol. The smallest absolute Gasteiger partial charge is 0.756 e. The van der Waals surface area contributed by atoms with Gasteiger partial charge in [0, 0.05) is 0 Å². The Morgan fingerprint density at radius 2 is 1.39 bits per heavy atom. The molecule has 0 saturated heterocycles. The first-order valence-electron chi connectivity index (χ1n) is 4.77. The third-order valence-corrected chi connectivity index (χ3v) is 2.76. The fraction of sp³-hybridized carbons (Fsp3) is 0.833. The summed E-state index contributed by atoms with van der Waals surface area (Å²) in [6, 6.07) is 0. The maximum Gasteiger partial charge on any atom is 1.00 e. The summed E-state index contributed by atoms with van der Waals surface area (Å²) in [5, 5.41) is 27.6. The van der Waals surface area contributed by atoms with Crippen molar-refractivity contribution in [2.24, 2.45) is 0 Å². The van der Waals surface area contributed by atoms with Crippen LogP contribution in [-0.2, 0) is 23.0 Å². The number of hydrogen-bond acceptors (Lipinski definition) is 10. The number of aliphatic hydroxyl groups is 3. The molecule has 0 aliphatic heterocycles. The Kier molecular flexibility index (Phi) is 19.5. The van der Waals surface area contributed by atoms with Crippen molar-refractivity contribution >= 4 is 21.4 Å². The Morgan fingerprint density at radius 1 is 1.00 bits per heavy atom. The van der Waals surface area contributed by atoms with Gasteiger partial charge in [0.15, 0.2) is 5.78 Å². The van der Waals surface area contributed by atoms with E-state index in [-0.39, 0.29) is 64.6 Å². The van der Waals surface area contributed by atoms with Crippen LogP contribution < -0.4 is 68.9 Å². The molecule has 13 nitrogen and oxygen atoms in total. The van der Waals surface area contributed by atoms with Gasteiger partial charge >= 0.3 is 59.1 Å². The molecule has 0 aromatic heterocycles. The van der Waals surface area contributed by atoms with E-state index in [4.69, 9.17) is 14.9 Å². The third-order valence-electron chi connectivity index (χ3n) is 1.83. The SMILES string of the molecule is O.O=C(COP(=O)([O-])O)[C@@H](O)[C@H](O)[C@H](O)COP(=O)([O-])O.[Na+].[Na+]. The van der Waals surface area contributed by atoms with Crippen LogP contribution in [0.5, 0.6) is 0 Å². The average Bonchev–Trinajstić information content (AvgIpc) is 2.29. The molecular formula is C6H14Na2O13P2. The standard InChI is InChI=1S/C6H14O12P2.2Na.H2O/c7-3(1-17-19(11,12)13)5(9)6(10)4(8)2-18-20(14,15)16;;;/h3,5-7,9-10H,1-2H2,(H2,11,12,13)(H2,14,15,16);;;1H2/q;2*+1;/p-2/t3-,5-,6-;;;/m1.../s1. The van der Waals surface area contributed by atoms with Crippen LogP contribution in [0.3, 0.4) is 0 Å². The second kappa shape index (κ2) is 13.9. The third kappa shape index (κ3) is 16.9. The molecule has 128 valence electrons. The predicted octanol–water partition coefficient (Wildman–Crippen LogP) is -11.2. The Bertz CT molecular complexity index is 421. The van der Waals surface area contributed by atoms with Crippen LogP contribution in [0.15, 0.2) is 0 Å². The van der Waals surface area contributed by atoms with Gasteiger partial charge in [-0.05, 0) is 0 Å². The first-order chi connectivity index (χ1) is 8.83. The van der Waals surface area contributed by atoms with Crippen LogP contribution in [0, 0.1) is 0 Å². The maximum atomic E-state index is 11.1. The van der Waals surface area contributed by atoms with Gasteiger partial charge in [0.25, 0.3) is 15.6 Å². The molecule has 0 radical (unpaired) electrons. The molecule has 17 heteroatoms. The van der Waals surface area contributed by atoms with Gasteiger partial charge in [-0.3, -0.25) is 13.9 Å². The second-order valence-corrected chi connectivity index (χ2v) is 5.87. The van der Waals surface area contributed by atoms with Gasteiger partial charge in [-0.15, -0.1) is 0 Å². The normalized spacial score (nSPS) is 19.4. The summed E-state index contributed by atoms with van der Waals surface area (Å²) in [5.74, 6) is -1.42. The van der Waals surface area contributed by atoms with E-state index in [1.54, 1.807) is 0 Å². The number of aliphatic hydroxyl groups excluding tert-OH is 3. The van der Waals surface area contributed by atoms with E-state index >= 15 is 0 Å². The molecule has 0 aliphatic carbocycles. The molecule has 0 fully saturated rings. The van der Waals surface area contributed by atoms with Gasteiger partial charge in [-0.1, -0.05) is 0 Å².